The molecule has 0 aromatic heterocycles. The van der Waals surface area contributed by atoms with Gasteiger partial charge in [0.1, 0.15) is 12.6 Å². The van der Waals surface area contributed by atoms with Crippen LogP contribution in [0.3, 0.4) is 0 Å². The lowest BCUT2D eigenvalue weighted by atomic mass is 10.2. The monoisotopic (exact) mass is 895 g/mol. The average Bonchev–Trinajstić information content (AvgIpc) is 3.25. The zero-order valence-corrected chi connectivity index (χ0v) is 38.3. The highest BCUT2D eigenvalue weighted by Gasteiger charge is 2.28. The summed E-state index contributed by atoms with van der Waals surface area (Å²) in [7, 11) is -4.78. The maximum atomic E-state index is 12.6. The Labute approximate surface area is 377 Å². The number of hydrogen-bond donors (Lipinski definition) is 4. The van der Waals surface area contributed by atoms with Crippen LogP contribution in [0, 0.1) is 0 Å². The minimum atomic E-state index is -4.78. The Hall–Kier alpha value is -4.68. The minimum Gasteiger partial charge on any atom is -0.480 e. The molecule has 63 heavy (non-hydrogen) atoms. The molecular formula is C50H74NO11P. The summed E-state index contributed by atoms with van der Waals surface area (Å²) < 4.78 is 32.5. The summed E-state index contributed by atoms with van der Waals surface area (Å²) in [6.07, 6.45) is 57.0. The van der Waals surface area contributed by atoms with E-state index in [1.807, 2.05) is 72.9 Å². The van der Waals surface area contributed by atoms with Crippen molar-refractivity contribution in [3.05, 3.63) is 146 Å². The normalized spacial score (nSPS) is 15.5. The van der Waals surface area contributed by atoms with E-state index < -0.39 is 63.8 Å². The van der Waals surface area contributed by atoms with Gasteiger partial charge in [0, 0.05) is 12.8 Å². The molecule has 350 valence electrons. The van der Waals surface area contributed by atoms with Gasteiger partial charge in [-0.05, 0) is 83.5 Å². The van der Waals surface area contributed by atoms with Crippen molar-refractivity contribution in [1.29, 1.82) is 0 Å². The second-order valence-electron chi connectivity index (χ2n) is 13.9. The minimum absolute atomic E-state index is 0.00555. The molecule has 2 unspecified atom stereocenters. The predicted octanol–water partition coefficient (Wildman–Crippen LogP) is 10.9. The number of allylic oxidation sites excluding steroid dienone is 22. The van der Waals surface area contributed by atoms with Crippen molar-refractivity contribution in [2.45, 2.75) is 128 Å². The first-order valence-corrected chi connectivity index (χ1v) is 23.5. The molecule has 0 saturated heterocycles. The van der Waals surface area contributed by atoms with E-state index in [1.165, 1.54) is 0 Å². The molecule has 13 heteroatoms. The summed E-state index contributed by atoms with van der Waals surface area (Å²) in [6, 6.07) is -1.56. The zero-order valence-electron chi connectivity index (χ0n) is 37.4. The summed E-state index contributed by atoms with van der Waals surface area (Å²) in [6.45, 7) is 2.29. The number of phosphoric ester groups is 1. The van der Waals surface area contributed by atoms with Crippen LogP contribution in [0.25, 0.3) is 0 Å². The van der Waals surface area contributed by atoms with Crippen molar-refractivity contribution in [2.24, 2.45) is 5.73 Å². The molecule has 0 aromatic carbocycles. The number of carboxylic acids is 1. The van der Waals surface area contributed by atoms with E-state index in [0.717, 1.165) is 51.4 Å². The maximum absolute atomic E-state index is 12.6. The molecular weight excluding hydrogens is 822 g/mol. The molecule has 12 nitrogen and oxygen atoms in total. The van der Waals surface area contributed by atoms with E-state index in [2.05, 4.69) is 85.2 Å². The fraction of sp³-hybridized carbons (Fsp3) is 0.460. The third-order valence-electron chi connectivity index (χ3n) is 8.19. The number of aliphatic hydroxyl groups excluding tert-OH is 1. The van der Waals surface area contributed by atoms with E-state index >= 15 is 0 Å². The average molecular weight is 896 g/mol. The van der Waals surface area contributed by atoms with Crippen molar-refractivity contribution in [1.82, 2.24) is 0 Å². The van der Waals surface area contributed by atoms with Gasteiger partial charge >= 0.3 is 25.7 Å². The van der Waals surface area contributed by atoms with Crippen molar-refractivity contribution in [2.75, 3.05) is 19.8 Å². The molecule has 0 aliphatic rings. The number of aliphatic carboxylic acids is 1. The number of hydrogen-bond acceptors (Lipinski definition) is 10. The second-order valence-corrected chi connectivity index (χ2v) is 15.4. The number of carboxylic acid groups (broad SMARTS) is 1. The Morgan fingerprint density at radius 2 is 0.968 bits per heavy atom. The molecule has 0 spiro atoms. The molecule has 0 fully saturated rings. The van der Waals surface area contributed by atoms with Gasteiger partial charge in [-0.25, -0.2) is 4.57 Å². The van der Waals surface area contributed by atoms with E-state index in [0.29, 0.717) is 32.1 Å². The van der Waals surface area contributed by atoms with Crippen LogP contribution in [-0.4, -0.2) is 71.1 Å². The molecule has 0 aliphatic carbocycles. The van der Waals surface area contributed by atoms with Gasteiger partial charge in [-0.1, -0.05) is 160 Å². The smallest absolute Gasteiger partial charge is 0.472 e. The van der Waals surface area contributed by atoms with Crippen LogP contribution < -0.4 is 5.73 Å². The molecule has 0 rings (SSSR count). The van der Waals surface area contributed by atoms with Crippen molar-refractivity contribution < 1.29 is 52.6 Å². The highest BCUT2D eigenvalue weighted by Crippen LogP contribution is 2.43. The Bertz CT molecular complexity index is 1630. The Morgan fingerprint density at radius 3 is 1.44 bits per heavy atom. The lowest BCUT2D eigenvalue weighted by molar-refractivity contribution is -0.161. The van der Waals surface area contributed by atoms with Gasteiger partial charge in [0.05, 0.1) is 19.3 Å². The van der Waals surface area contributed by atoms with Gasteiger partial charge in [-0.2, -0.15) is 0 Å². The third kappa shape index (κ3) is 42.4. The Morgan fingerprint density at radius 1 is 0.556 bits per heavy atom. The van der Waals surface area contributed by atoms with Gasteiger partial charge in [-0.15, -0.1) is 0 Å². The molecule has 0 saturated carbocycles. The van der Waals surface area contributed by atoms with Crippen molar-refractivity contribution in [3.8, 4) is 0 Å². The number of rotatable bonds is 38. The van der Waals surface area contributed by atoms with E-state index in [1.54, 1.807) is 6.08 Å². The highest BCUT2D eigenvalue weighted by atomic mass is 31.2. The number of aliphatic hydroxyl groups is 1. The first kappa shape index (κ1) is 58.3. The molecule has 0 amide bonds. The lowest BCUT2D eigenvalue weighted by Crippen LogP contribution is -2.34. The van der Waals surface area contributed by atoms with E-state index in [4.69, 9.17) is 24.8 Å². The summed E-state index contributed by atoms with van der Waals surface area (Å²) in [5, 5.41) is 18.7. The topological polar surface area (TPSA) is 192 Å². The van der Waals surface area contributed by atoms with Crippen molar-refractivity contribution in [3.63, 3.8) is 0 Å². The van der Waals surface area contributed by atoms with Crippen LogP contribution in [0.1, 0.15) is 110 Å². The van der Waals surface area contributed by atoms with E-state index in [-0.39, 0.29) is 12.8 Å². The highest BCUT2D eigenvalue weighted by molar-refractivity contribution is 7.47. The SMILES string of the molecule is CC/C=C\C/C=C\C/C=C\C/C=C\C/C=C\C/C=C\CCC(=O)OC[C@H](COP(=O)(O)OC[C@H](N)C(=O)O)OC(=O)CC/C=C\C/C=C\C/C=C\C/C=C/C=C/C(O)C/C=C\CC. The number of carbonyl (C=O) groups excluding carboxylic acids is 2. The molecule has 0 heterocycles. The van der Waals surface area contributed by atoms with Crippen LogP contribution in [0.5, 0.6) is 0 Å². The van der Waals surface area contributed by atoms with Gasteiger partial charge in [-0.3, -0.25) is 23.4 Å². The standard InChI is InChI=1S/C50H74NO11P/c1-3-5-7-8-9-10-11-12-13-14-15-16-17-20-23-26-29-32-36-40-48(53)59-42-46(43-60-63(57,58)61-44-47(51)50(55)56)62-49(54)41-37-33-30-27-24-21-18-19-22-25-28-31-35-39-45(52)38-34-6-4-2/h5-7,9-10,12-13,15-16,19-24,28-35,39,45-47,52H,3-4,8,11,14,17-18,25-27,36-38,40-44,51H2,1-2H3,(H,55,56)(H,57,58)/b7-5-,10-9-,13-12-,16-15-,22-19-,23-20-,24-21-,31-28+,32-29-,33-30-,34-6-,39-35+/t45?,46-,47+/m1/s1. The summed E-state index contributed by atoms with van der Waals surface area (Å²) >= 11 is 0. The zero-order chi connectivity index (χ0) is 46.5. The van der Waals surface area contributed by atoms with Gasteiger partial charge < -0.3 is 30.3 Å². The van der Waals surface area contributed by atoms with Gasteiger partial charge in [0.2, 0.25) is 0 Å². The van der Waals surface area contributed by atoms with Crippen LogP contribution in [0.15, 0.2) is 146 Å². The maximum Gasteiger partial charge on any atom is 0.472 e. The van der Waals surface area contributed by atoms with E-state index in [9.17, 15) is 28.9 Å². The summed E-state index contributed by atoms with van der Waals surface area (Å²) in [5.41, 5.74) is 5.32. The fourth-order valence-electron chi connectivity index (χ4n) is 4.79. The molecule has 5 N–H and O–H groups in total. The lowest BCUT2D eigenvalue weighted by Gasteiger charge is -2.20. The fourth-order valence-corrected chi connectivity index (χ4v) is 5.56. The van der Waals surface area contributed by atoms with Crippen LogP contribution >= 0.6 is 7.82 Å². The van der Waals surface area contributed by atoms with Crippen molar-refractivity contribution >= 4 is 25.7 Å². The second kappa shape index (κ2) is 42.6. The largest absolute Gasteiger partial charge is 0.480 e. The summed E-state index contributed by atoms with van der Waals surface area (Å²) in [4.78, 5) is 45.9. The molecule has 0 bridgehead atoms. The predicted molar refractivity (Wildman–Crippen MR) is 254 cm³/mol. The van der Waals surface area contributed by atoms with Gasteiger partial charge in [0.25, 0.3) is 0 Å². The molecule has 4 atom stereocenters. The van der Waals surface area contributed by atoms with Gasteiger partial charge in [0.15, 0.2) is 6.10 Å². The number of phosphoric acid groups is 1. The third-order valence-corrected chi connectivity index (χ3v) is 9.14. The number of carbonyl (C=O) groups is 3. The van der Waals surface area contributed by atoms with Crippen LogP contribution in [0.2, 0.25) is 0 Å². The first-order valence-electron chi connectivity index (χ1n) is 22.0. The quantitative estimate of drug-likeness (QED) is 0.0199. The number of nitrogens with two attached hydrogens (primary N) is 1. The molecule has 0 aromatic rings. The Kier molecular flexibility index (Phi) is 39.4. The Balaban J connectivity index is 4.67. The van der Waals surface area contributed by atoms with Crippen LogP contribution in [0.4, 0.5) is 0 Å². The first-order chi connectivity index (χ1) is 30.5. The summed E-state index contributed by atoms with van der Waals surface area (Å²) in [5.74, 6) is -2.64. The number of ether oxygens (including phenoxy) is 2. The molecule has 0 aliphatic heterocycles. The van der Waals surface area contributed by atoms with Crippen LogP contribution in [-0.2, 0) is 37.5 Å². The molecule has 0 radical (unpaired) electrons. The number of esters is 2.